The first kappa shape index (κ1) is 22.7. The molecule has 0 aliphatic carbocycles. The molecule has 3 N–H and O–H groups in total. The van der Waals surface area contributed by atoms with Gasteiger partial charge in [0.25, 0.3) is 5.91 Å². The van der Waals surface area contributed by atoms with Crippen molar-refractivity contribution in [1.29, 1.82) is 0 Å². The molecule has 0 aliphatic heterocycles. The first-order valence-corrected chi connectivity index (χ1v) is 10.6. The van der Waals surface area contributed by atoms with Gasteiger partial charge in [0.15, 0.2) is 0 Å². The molecule has 0 atom stereocenters. The average Bonchev–Trinajstić information content (AvgIpc) is 2.68. The van der Waals surface area contributed by atoms with Crippen LogP contribution in [0.2, 0.25) is 5.02 Å². The largest absolute Gasteiger partial charge is 0.490 e. The van der Waals surface area contributed by atoms with Crippen LogP contribution in [0.5, 0.6) is 5.75 Å². The number of amides is 1. The van der Waals surface area contributed by atoms with E-state index in [2.05, 4.69) is 5.32 Å². The van der Waals surface area contributed by atoms with E-state index in [1.807, 2.05) is 0 Å². The van der Waals surface area contributed by atoms with Crippen LogP contribution >= 0.6 is 11.6 Å². The highest BCUT2D eigenvalue weighted by molar-refractivity contribution is 7.89. The van der Waals surface area contributed by atoms with Gasteiger partial charge in [-0.25, -0.2) is 13.6 Å². The lowest BCUT2D eigenvalue weighted by Crippen LogP contribution is -2.25. The quantitative estimate of drug-likeness (QED) is 0.430. The number of halogens is 1. The number of hydrogen-bond donors (Lipinski definition) is 2. The third-order valence-electron chi connectivity index (χ3n) is 3.72. The minimum atomic E-state index is -3.75. The van der Waals surface area contributed by atoms with Gasteiger partial charge < -0.3 is 14.8 Å². The molecule has 0 fully saturated rings. The fraction of sp³-hybridized carbons (Fsp3) is 0.263. The highest BCUT2D eigenvalue weighted by atomic mass is 35.5. The Kier molecular flexibility index (Phi) is 8.44. The third-order valence-corrected chi connectivity index (χ3v) is 4.90. The molecule has 2 rings (SSSR count). The second-order valence-corrected chi connectivity index (χ2v) is 7.95. The van der Waals surface area contributed by atoms with Gasteiger partial charge in [-0.3, -0.25) is 9.59 Å². The van der Waals surface area contributed by atoms with E-state index in [0.29, 0.717) is 29.3 Å². The maximum atomic E-state index is 11.9. The molecule has 2 aromatic rings. The molecule has 156 valence electrons. The Bertz CT molecular complexity index is 930. The molecule has 0 radical (unpaired) electrons. The average molecular weight is 441 g/mol. The van der Waals surface area contributed by atoms with Crippen LogP contribution in [0.1, 0.15) is 23.2 Å². The lowest BCUT2D eigenvalue weighted by molar-refractivity contribution is -0.144. The van der Waals surface area contributed by atoms with Crippen molar-refractivity contribution in [2.24, 2.45) is 5.14 Å². The molecule has 29 heavy (non-hydrogen) atoms. The molecular formula is C19H21ClN2O6S. The standard InChI is InChI=1S/C19H21ClN2O6S/c20-15-5-3-14(4-6-15)19(24)22-11-1-2-18(23)28-13-12-27-16-7-9-17(10-8-16)29(21,25)26/h3-10H,1-2,11-13H2,(H,22,24)(H2,21,25,26). The van der Waals surface area contributed by atoms with Crippen LogP contribution in [0.15, 0.2) is 53.4 Å². The number of ether oxygens (including phenoxy) is 2. The van der Waals surface area contributed by atoms with E-state index in [1.165, 1.54) is 24.3 Å². The van der Waals surface area contributed by atoms with Crippen LogP contribution in [-0.4, -0.2) is 40.1 Å². The second-order valence-electron chi connectivity index (χ2n) is 5.95. The molecule has 0 saturated carbocycles. The van der Waals surface area contributed by atoms with Gasteiger partial charge in [-0.1, -0.05) is 11.6 Å². The van der Waals surface area contributed by atoms with Crippen LogP contribution in [-0.2, 0) is 19.6 Å². The van der Waals surface area contributed by atoms with Gasteiger partial charge in [0.05, 0.1) is 4.90 Å². The molecule has 0 saturated heterocycles. The van der Waals surface area contributed by atoms with Crippen LogP contribution in [0, 0.1) is 0 Å². The molecule has 0 heterocycles. The fourth-order valence-corrected chi connectivity index (χ4v) is 2.89. The van der Waals surface area contributed by atoms with Crippen molar-refractivity contribution in [3.8, 4) is 5.75 Å². The summed E-state index contributed by atoms with van der Waals surface area (Å²) in [6.45, 7) is 0.504. The highest BCUT2D eigenvalue weighted by Gasteiger charge is 2.08. The number of sulfonamides is 1. The van der Waals surface area contributed by atoms with E-state index in [0.717, 1.165) is 0 Å². The summed E-state index contributed by atoms with van der Waals surface area (Å²) in [5, 5.41) is 8.27. The van der Waals surface area contributed by atoms with Gasteiger partial charge in [-0.15, -0.1) is 0 Å². The highest BCUT2D eigenvalue weighted by Crippen LogP contribution is 2.14. The van der Waals surface area contributed by atoms with Crippen molar-refractivity contribution < 1.29 is 27.5 Å². The molecule has 8 nitrogen and oxygen atoms in total. The predicted molar refractivity (Wildman–Crippen MR) is 107 cm³/mol. The number of carbonyl (C=O) groups excluding carboxylic acids is 2. The van der Waals surface area contributed by atoms with E-state index < -0.39 is 16.0 Å². The van der Waals surface area contributed by atoms with Gasteiger partial charge in [0.2, 0.25) is 10.0 Å². The van der Waals surface area contributed by atoms with Gasteiger partial charge in [0.1, 0.15) is 19.0 Å². The number of hydrogen-bond acceptors (Lipinski definition) is 6. The molecule has 0 spiro atoms. The van der Waals surface area contributed by atoms with Gasteiger partial charge >= 0.3 is 5.97 Å². The molecule has 0 unspecified atom stereocenters. The molecule has 10 heteroatoms. The van der Waals surface area contributed by atoms with Crippen LogP contribution in [0.3, 0.4) is 0 Å². The van der Waals surface area contributed by atoms with Crippen LogP contribution in [0.25, 0.3) is 0 Å². The number of carbonyl (C=O) groups is 2. The maximum absolute atomic E-state index is 11.9. The van der Waals surface area contributed by atoms with E-state index in [-0.39, 0.29) is 30.4 Å². The van der Waals surface area contributed by atoms with Gasteiger partial charge in [-0.05, 0) is 55.0 Å². The minimum Gasteiger partial charge on any atom is -0.490 e. The normalized spacial score (nSPS) is 11.0. The maximum Gasteiger partial charge on any atom is 0.305 e. The summed E-state index contributed by atoms with van der Waals surface area (Å²) >= 11 is 5.77. The minimum absolute atomic E-state index is 0.0144. The molecule has 1 amide bonds. The predicted octanol–water partition coefficient (Wildman–Crippen LogP) is 2.12. The summed E-state index contributed by atoms with van der Waals surface area (Å²) < 4.78 is 32.7. The van der Waals surface area contributed by atoms with Crippen LogP contribution < -0.4 is 15.2 Å². The fourth-order valence-electron chi connectivity index (χ4n) is 2.25. The summed E-state index contributed by atoms with van der Waals surface area (Å²) in [5.74, 6) is -0.214. The summed E-state index contributed by atoms with van der Waals surface area (Å²) in [6.07, 6.45) is 0.595. The lowest BCUT2D eigenvalue weighted by atomic mass is 10.2. The van der Waals surface area contributed by atoms with Crippen molar-refractivity contribution in [3.05, 3.63) is 59.1 Å². The lowest BCUT2D eigenvalue weighted by Gasteiger charge is -2.08. The summed E-state index contributed by atoms with van der Waals surface area (Å²) in [7, 11) is -3.75. The molecule has 2 aromatic carbocycles. The zero-order valence-corrected chi connectivity index (χ0v) is 17.0. The first-order chi connectivity index (χ1) is 13.8. The van der Waals surface area contributed by atoms with E-state index in [4.69, 9.17) is 26.2 Å². The third kappa shape index (κ3) is 8.10. The van der Waals surface area contributed by atoms with Crippen molar-refractivity contribution in [2.75, 3.05) is 19.8 Å². The number of rotatable bonds is 10. The Hall–Kier alpha value is -2.62. The zero-order valence-electron chi connectivity index (χ0n) is 15.5. The number of esters is 1. The Morgan fingerprint density at radius 3 is 2.28 bits per heavy atom. The Labute approximate surface area is 174 Å². The molecule has 0 aliphatic rings. The van der Waals surface area contributed by atoms with Crippen molar-refractivity contribution >= 4 is 33.5 Å². The number of benzene rings is 2. The number of nitrogens with one attached hydrogen (secondary N) is 1. The monoisotopic (exact) mass is 440 g/mol. The number of nitrogens with two attached hydrogens (primary N) is 1. The van der Waals surface area contributed by atoms with Gasteiger partial charge in [-0.2, -0.15) is 0 Å². The molecule has 0 aromatic heterocycles. The number of primary sulfonamides is 1. The summed E-state index contributed by atoms with van der Waals surface area (Å²) in [4.78, 5) is 23.6. The zero-order chi connectivity index (χ0) is 21.3. The topological polar surface area (TPSA) is 125 Å². The smallest absolute Gasteiger partial charge is 0.305 e. The summed E-state index contributed by atoms with van der Waals surface area (Å²) in [5.41, 5.74) is 0.492. The second kappa shape index (κ2) is 10.8. The first-order valence-electron chi connectivity index (χ1n) is 8.71. The Morgan fingerprint density at radius 1 is 1.00 bits per heavy atom. The Morgan fingerprint density at radius 2 is 1.66 bits per heavy atom. The Balaban J connectivity index is 1.58. The van der Waals surface area contributed by atoms with Crippen LogP contribution in [0.4, 0.5) is 0 Å². The van der Waals surface area contributed by atoms with Gasteiger partial charge in [0, 0.05) is 23.6 Å². The molecule has 0 bridgehead atoms. The van der Waals surface area contributed by atoms with E-state index in [1.54, 1.807) is 24.3 Å². The van der Waals surface area contributed by atoms with Crippen molar-refractivity contribution in [3.63, 3.8) is 0 Å². The van der Waals surface area contributed by atoms with E-state index >= 15 is 0 Å². The summed E-state index contributed by atoms with van der Waals surface area (Å²) in [6, 6.07) is 12.1. The van der Waals surface area contributed by atoms with Crippen molar-refractivity contribution in [1.82, 2.24) is 5.32 Å². The van der Waals surface area contributed by atoms with Crippen molar-refractivity contribution in [2.45, 2.75) is 17.7 Å². The molecular weight excluding hydrogens is 420 g/mol. The van der Waals surface area contributed by atoms with E-state index in [9.17, 15) is 18.0 Å². The SMILES string of the molecule is NS(=O)(=O)c1ccc(OCCOC(=O)CCCNC(=O)c2ccc(Cl)cc2)cc1.